The number of hydrogen-bond acceptors (Lipinski definition) is 4. The Hall–Kier alpha value is -2.40. The zero-order valence-electron chi connectivity index (χ0n) is 9.54. The van der Waals surface area contributed by atoms with Crippen molar-refractivity contribution < 1.29 is 19.4 Å². The lowest BCUT2D eigenvalue weighted by molar-refractivity contribution is 0.0685. The summed E-state index contributed by atoms with van der Waals surface area (Å²) in [7, 11) is 0. The minimum atomic E-state index is -1.16. The van der Waals surface area contributed by atoms with Gasteiger partial charge in [0.05, 0.1) is 5.56 Å². The van der Waals surface area contributed by atoms with Crippen LogP contribution in [0.25, 0.3) is 0 Å². The van der Waals surface area contributed by atoms with Gasteiger partial charge in [-0.05, 0) is 30.3 Å². The molecule has 1 heterocycles. The van der Waals surface area contributed by atoms with Crippen molar-refractivity contribution in [1.29, 1.82) is 0 Å². The Morgan fingerprint density at radius 3 is 2.58 bits per heavy atom. The monoisotopic (exact) mass is 277 g/mol. The summed E-state index contributed by atoms with van der Waals surface area (Å²) in [5, 5.41) is 9.14. The smallest absolute Gasteiger partial charge is 0.354 e. The molecule has 0 aliphatic carbocycles. The predicted molar refractivity (Wildman–Crippen MR) is 67.6 cm³/mol. The molecule has 0 saturated carbocycles. The molecule has 0 fully saturated rings. The standard InChI is InChI=1S/C13H8ClNO4/c14-9-2-1-3-10(6-9)19-13(18)8-4-5-11(12(16)17)15-7-8/h1-7H,(H,16,17). The van der Waals surface area contributed by atoms with Gasteiger partial charge in [0, 0.05) is 11.2 Å². The summed E-state index contributed by atoms with van der Waals surface area (Å²) in [6.45, 7) is 0. The van der Waals surface area contributed by atoms with Crippen LogP contribution in [0.2, 0.25) is 5.02 Å². The lowest BCUT2D eigenvalue weighted by atomic mass is 10.2. The molecule has 0 amide bonds. The molecule has 1 aromatic carbocycles. The van der Waals surface area contributed by atoms with E-state index in [9.17, 15) is 9.59 Å². The fourth-order valence-electron chi connectivity index (χ4n) is 1.34. The summed E-state index contributed by atoms with van der Waals surface area (Å²) in [5.74, 6) is -1.48. The molecule has 0 saturated heterocycles. The molecule has 1 aromatic heterocycles. The van der Waals surface area contributed by atoms with Gasteiger partial charge in [-0.2, -0.15) is 0 Å². The number of aromatic carboxylic acids is 1. The van der Waals surface area contributed by atoms with Crippen LogP contribution in [-0.4, -0.2) is 22.0 Å². The van der Waals surface area contributed by atoms with Crippen molar-refractivity contribution in [2.45, 2.75) is 0 Å². The number of rotatable bonds is 3. The lowest BCUT2D eigenvalue weighted by Crippen LogP contribution is -2.10. The van der Waals surface area contributed by atoms with Crippen molar-refractivity contribution in [2.75, 3.05) is 0 Å². The van der Waals surface area contributed by atoms with Crippen LogP contribution in [0.15, 0.2) is 42.6 Å². The lowest BCUT2D eigenvalue weighted by Gasteiger charge is -2.04. The van der Waals surface area contributed by atoms with Gasteiger partial charge in [0.25, 0.3) is 0 Å². The fraction of sp³-hybridized carbons (Fsp3) is 0. The van der Waals surface area contributed by atoms with Crippen molar-refractivity contribution in [3.8, 4) is 5.75 Å². The molecule has 5 nitrogen and oxygen atoms in total. The third-order valence-electron chi connectivity index (χ3n) is 2.22. The first kappa shape index (κ1) is 13.0. The highest BCUT2D eigenvalue weighted by Gasteiger charge is 2.11. The maximum absolute atomic E-state index is 11.8. The molecule has 2 aromatic rings. The summed E-state index contributed by atoms with van der Waals surface area (Å²) >= 11 is 5.76. The second-order valence-corrected chi connectivity index (χ2v) is 4.02. The van der Waals surface area contributed by atoms with Crippen LogP contribution in [-0.2, 0) is 0 Å². The number of aromatic nitrogens is 1. The molecule has 19 heavy (non-hydrogen) atoms. The number of carbonyl (C=O) groups is 2. The Morgan fingerprint density at radius 2 is 2.00 bits per heavy atom. The van der Waals surface area contributed by atoms with Crippen LogP contribution in [0.5, 0.6) is 5.75 Å². The van der Waals surface area contributed by atoms with Gasteiger partial charge < -0.3 is 9.84 Å². The molecule has 0 radical (unpaired) electrons. The summed E-state index contributed by atoms with van der Waals surface area (Å²) in [6.07, 6.45) is 1.15. The summed E-state index contributed by atoms with van der Waals surface area (Å²) in [4.78, 5) is 26.0. The number of esters is 1. The highest BCUT2D eigenvalue weighted by atomic mass is 35.5. The quantitative estimate of drug-likeness (QED) is 0.689. The maximum Gasteiger partial charge on any atom is 0.354 e. The summed E-state index contributed by atoms with van der Waals surface area (Å²) in [5.41, 5.74) is 0.0179. The first-order valence-electron chi connectivity index (χ1n) is 5.23. The van der Waals surface area contributed by atoms with Gasteiger partial charge in [0.2, 0.25) is 0 Å². The highest BCUT2D eigenvalue weighted by Crippen LogP contribution is 2.18. The first-order valence-corrected chi connectivity index (χ1v) is 5.61. The number of pyridine rings is 1. The average Bonchev–Trinajstić information content (AvgIpc) is 2.39. The Morgan fingerprint density at radius 1 is 1.21 bits per heavy atom. The van der Waals surface area contributed by atoms with Crippen molar-refractivity contribution in [3.63, 3.8) is 0 Å². The van der Waals surface area contributed by atoms with Crippen LogP contribution >= 0.6 is 11.6 Å². The number of benzene rings is 1. The minimum absolute atomic E-state index is 0.140. The van der Waals surface area contributed by atoms with Crippen LogP contribution in [0.1, 0.15) is 20.8 Å². The Labute approximate surface area is 113 Å². The van der Waals surface area contributed by atoms with Gasteiger partial charge >= 0.3 is 11.9 Å². The normalized spacial score (nSPS) is 9.95. The van der Waals surface area contributed by atoms with Crippen molar-refractivity contribution >= 4 is 23.5 Å². The molecule has 2 rings (SSSR count). The van der Waals surface area contributed by atoms with Crippen LogP contribution in [0.4, 0.5) is 0 Å². The second-order valence-electron chi connectivity index (χ2n) is 3.58. The molecule has 0 aliphatic rings. The third-order valence-corrected chi connectivity index (χ3v) is 2.46. The molecule has 0 unspecified atom stereocenters. The van der Waals surface area contributed by atoms with Crippen LogP contribution < -0.4 is 4.74 Å². The number of hydrogen-bond donors (Lipinski definition) is 1. The predicted octanol–water partition coefficient (Wildman–Crippen LogP) is 2.65. The minimum Gasteiger partial charge on any atom is -0.477 e. The molecule has 96 valence electrons. The first-order chi connectivity index (χ1) is 9.06. The molecule has 1 N–H and O–H groups in total. The van der Waals surface area contributed by atoms with Gasteiger partial charge in [0.15, 0.2) is 0 Å². The zero-order valence-corrected chi connectivity index (χ0v) is 10.3. The average molecular weight is 278 g/mol. The molecule has 0 bridgehead atoms. The van der Waals surface area contributed by atoms with Crippen molar-refractivity contribution in [3.05, 3.63) is 58.9 Å². The van der Waals surface area contributed by atoms with E-state index in [0.29, 0.717) is 10.8 Å². The number of nitrogens with zero attached hydrogens (tertiary/aromatic N) is 1. The zero-order chi connectivity index (χ0) is 13.8. The van der Waals surface area contributed by atoms with Gasteiger partial charge in [-0.1, -0.05) is 17.7 Å². The number of carbonyl (C=O) groups excluding carboxylic acids is 1. The number of carboxylic acid groups (broad SMARTS) is 1. The Kier molecular flexibility index (Phi) is 3.77. The van der Waals surface area contributed by atoms with Crippen LogP contribution in [0, 0.1) is 0 Å². The third kappa shape index (κ3) is 3.29. The number of carboxylic acids is 1. The van der Waals surface area contributed by atoms with E-state index in [2.05, 4.69) is 4.98 Å². The van der Waals surface area contributed by atoms with E-state index in [1.54, 1.807) is 18.2 Å². The number of halogens is 1. The summed E-state index contributed by atoms with van der Waals surface area (Å²) < 4.78 is 5.07. The Bertz CT molecular complexity index is 625. The van der Waals surface area contributed by atoms with E-state index in [4.69, 9.17) is 21.4 Å². The van der Waals surface area contributed by atoms with E-state index in [0.717, 1.165) is 6.20 Å². The topological polar surface area (TPSA) is 76.5 Å². The van der Waals surface area contributed by atoms with E-state index in [1.807, 2.05) is 0 Å². The SMILES string of the molecule is O=C(Oc1cccc(Cl)c1)c1ccc(C(=O)O)nc1. The molecule has 0 atom stereocenters. The Balaban J connectivity index is 2.14. The molecule has 0 aliphatic heterocycles. The maximum atomic E-state index is 11.8. The molecular weight excluding hydrogens is 270 g/mol. The van der Waals surface area contributed by atoms with Crippen LogP contribution in [0.3, 0.4) is 0 Å². The molecule has 6 heteroatoms. The second kappa shape index (κ2) is 5.49. The van der Waals surface area contributed by atoms with E-state index < -0.39 is 11.9 Å². The van der Waals surface area contributed by atoms with Crippen molar-refractivity contribution in [1.82, 2.24) is 4.98 Å². The van der Waals surface area contributed by atoms with Gasteiger partial charge in [-0.25, -0.2) is 14.6 Å². The molecular formula is C13H8ClNO4. The molecule has 0 spiro atoms. The van der Waals surface area contributed by atoms with Gasteiger partial charge in [-0.15, -0.1) is 0 Å². The van der Waals surface area contributed by atoms with Crippen molar-refractivity contribution in [2.24, 2.45) is 0 Å². The van der Waals surface area contributed by atoms with E-state index in [1.165, 1.54) is 18.2 Å². The van der Waals surface area contributed by atoms with E-state index in [-0.39, 0.29) is 11.3 Å². The number of ether oxygens (including phenoxy) is 1. The van der Waals surface area contributed by atoms with Gasteiger partial charge in [-0.3, -0.25) is 0 Å². The van der Waals surface area contributed by atoms with Gasteiger partial charge in [0.1, 0.15) is 11.4 Å². The largest absolute Gasteiger partial charge is 0.477 e. The summed E-state index contributed by atoms with van der Waals surface area (Å²) in [6, 6.07) is 8.96. The highest BCUT2D eigenvalue weighted by molar-refractivity contribution is 6.30. The fourth-order valence-corrected chi connectivity index (χ4v) is 1.52. The van der Waals surface area contributed by atoms with E-state index >= 15 is 0 Å².